The summed E-state index contributed by atoms with van der Waals surface area (Å²) >= 11 is 0. The van der Waals surface area contributed by atoms with Crippen LogP contribution in [0.3, 0.4) is 0 Å². The summed E-state index contributed by atoms with van der Waals surface area (Å²) in [6.45, 7) is 6.38. The summed E-state index contributed by atoms with van der Waals surface area (Å²) in [5.41, 5.74) is 1.41. The van der Waals surface area contributed by atoms with Gasteiger partial charge < -0.3 is 9.47 Å². The standard InChI is InChI=1S/C22H28O4/c1-14-9-11-18-15(2)10-12-19(20(18)13-14)16(3)21(23)26-22(24)25-17-7-5-4-6-8-17/h4-8,13,15-16,18-20H,9-12H2,1-3H3/t15-,16-,18+,19+,20+/m1/s1. The van der Waals surface area contributed by atoms with Crippen molar-refractivity contribution in [2.45, 2.75) is 46.5 Å². The van der Waals surface area contributed by atoms with E-state index in [2.05, 4.69) is 19.9 Å². The number of hydrogen-bond donors (Lipinski definition) is 0. The molecule has 5 atom stereocenters. The number of fused-ring (bicyclic) bond motifs is 1. The third kappa shape index (κ3) is 4.17. The SMILES string of the molecule is CC1=C[C@H]2[C@@H](CC1)[C@H](C)CC[C@H]2[C@@H](C)C(=O)OC(=O)Oc1ccccc1. The van der Waals surface area contributed by atoms with Crippen molar-refractivity contribution >= 4 is 12.1 Å². The van der Waals surface area contributed by atoms with Crippen molar-refractivity contribution in [2.24, 2.45) is 29.6 Å². The zero-order valence-corrected chi connectivity index (χ0v) is 15.8. The Morgan fingerprint density at radius 3 is 2.58 bits per heavy atom. The Morgan fingerprint density at radius 2 is 1.85 bits per heavy atom. The minimum absolute atomic E-state index is 0.225. The lowest BCUT2D eigenvalue weighted by Gasteiger charge is -2.45. The zero-order valence-electron chi connectivity index (χ0n) is 15.8. The number of hydrogen-bond acceptors (Lipinski definition) is 4. The van der Waals surface area contributed by atoms with Gasteiger partial charge in [0, 0.05) is 0 Å². The largest absolute Gasteiger partial charge is 0.521 e. The van der Waals surface area contributed by atoms with Crippen LogP contribution in [0.4, 0.5) is 4.79 Å². The van der Waals surface area contributed by atoms with Crippen LogP contribution in [0.25, 0.3) is 0 Å². The van der Waals surface area contributed by atoms with Crippen LogP contribution in [-0.2, 0) is 9.53 Å². The molecule has 0 saturated heterocycles. The molecule has 1 aromatic rings. The summed E-state index contributed by atoms with van der Waals surface area (Å²) in [4.78, 5) is 24.5. The third-order valence-corrected chi connectivity index (χ3v) is 6.17. The van der Waals surface area contributed by atoms with Crippen molar-refractivity contribution in [1.29, 1.82) is 0 Å². The van der Waals surface area contributed by atoms with Gasteiger partial charge in [-0.25, -0.2) is 4.79 Å². The summed E-state index contributed by atoms with van der Waals surface area (Å²) < 4.78 is 10.1. The molecule has 140 valence electrons. The number of rotatable bonds is 3. The molecule has 2 aliphatic carbocycles. The van der Waals surface area contributed by atoms with Gasteiger partial charge in [0.2, 0.25) is 0 Å². The molecule has 1 aromatic carbocycles. The van der Waals surface area contributed by atoms with Crippen LogP contribution in [0, 0.1) is 29.6 Å². The minimum Gasteiger partial charge on any atom is -0.395 e. The highest BCUT2D eigenvalue weighted by atomic mass is 16.7. The quantitative estimate of drug-likeness (QED) is 0.316. The molecule has 0 aromatic heterocycles. The first-order valence-electron chi connectivity index (χ1n) is 9.61. The topological polar surface area (TPSA) is 52.6 Å². The van der Waals surface area contributed by atoms with Gasteiger partial charge in [0.05, 0.1) is 5.92 Å². The first kappa shape index (κ1) is 18.7. The maximum atomic E-state index is 12.5. The number of allylic oxidation sites excluding steroid dienone is 2. The van der Waals surface area contributed by atoms with Gasteiger partial charge in [-0.1, -0.05) is 50.1 Å². The number of carbonyl (C=O) groups is 2. The first-order chi connectivity index (χ1) is 12.5. The van der Waals surface area contributed by atoms with Gasteiger partial charge in [0.25, 0.3) is 0 Å². The highest BCUT2D eigenvalue weighted by Gasteiger charge is 2.42. The van der Waals surface area contributed by atoms with Gasteiger partial charge in [0.15, 0.2) is 0 Å². The second-order valence-corrected chi connectivity index (χ2v) is 7.89. The van der Waals surface area contributed by atoms with Crippen molar-refractivity contribution in [1.82, 2.24) is 0 Å². The zero-order chi connectivity index (χ0) is 18.7. The molecule has 2 aliphatic rings. The minimum atomic E-state index is -0.954. The van der Waals surface area contributed by atoms with E-state index < -0.39 is 12.1 Å². The molecule has 1 fully saturated rings. The Balaban J connectivity index is 1.64. The normalized spacial score (nSPS) is 29.1. The molecule has 0 bridgehead atoms. The van der Waals surface area contributed by atoms with Gasteiger partial charge in [-0.15, -0.1) is 0 Å². The van der Waals surface area contributed by atoms with Crippen LogP contribution >= 0.6 is 0 Å². The fourth-order valence-electron chi connectivity index (χ4n) is 4.63. The van der Waals surface area contributed by atoms with Crippen molar-refractivity contribution in [2.75, 3.05) is 0 Å². The Kier molecular flexibility index (Phi) is 5.80. The Bertz CT molecular complexity index is 679. The fourth-order valence-corrected chi connectivity index (χ4v) is 4.63. The van der Waals surface area contributed by atoms with Gasteiger partial charge in [-0.2, -0.15) is 0 Å². The molecule has 26 heavy (non-hydrogen) atoms. The van der Waals surface area contributed by atoms with Crippen molar-refractivity contribution in [3.63, 3.8) is 0 Å². The smallest absolute Gasteiger partial charge is 0.395 e. The second-order valence-electron chi connectivity index (χ2n) is 7.89. The average molecular weight is 356 g/mol. The number of ether oxygens (including phenoxy) is 2. The molecular formula is C22H28O4. The Hall–Kier alpha value is -2.10. The first-order valence-corrected chi connectivity index (χ1v) is 9.61. The predicted octanol–water partition coefficient (Wildman–Crippen LogP) is 5.38. The molecule has 0 heterocycles. The van der Waals surface area contributed by atoms with E-state index in [4.69, 9.17) is 9.47 Å². The predicted molar refractivity (Wildman–Crippen MR) is 99.6 cm³/mol. The molecule has 0 aliphatic heterocycles. The molecule has 0 unspecified atom stereocenters. The molecule has 0 spiro atoms. The lowest BCUT2D eigenvalue weighted by Crippen LogP contribution is -2.40. The van der Waals surface area contributed by atoms with Crippen molar-refractivity contribution in [3.05, 3.63) is 42.0 Å². The summed E-state index contributed by atoms with van der Waals surface area (Å²) in [6, 6.07) is 8.64. The van der Waals surface area contributed by atoms with E-state index in [-0.39, 0.29) is 11.8 Å². The van der Waals surface area contributed by atoms with E-state index in [9.17, 15) is 9.59 Å². The molecule has 0 radical (unpaired) electrons. The van der Waals surface area contributed by atoms with E-state index in [0.717, 1.165) is 19.3 Å². The molecular weight excluding hydrogens is 328 g/mol. The number of esters is 1. The molecule has 4 nitrogen and oxygen atoms in total. The molecule has 1 saturated carbocycles. The number of para-hydroxylation sites is 1. The third-order valence-electron chi connectivity index (χ3n) is 6.17. The maximum Gasteiger partial charge on any atom is 0.521 e. The van der Waals surface area contributed by atoms with Gasteiger partial charge in [-0.05, 0) is 62.0 Å². The van der Waals surface area contributed by atoms with Crippen LogP contribution < -0.4 is 4.74 Å². The highest BCUT2D eigenvalue weighted by molar-refractivity contribution is 5.84. The van der Waals surface area contributed by atoms with Gasteiger partial charge >= 0.3 is 12.1 Å². The molecule has 0 N–H and O–H groups in total. The van der Waals surface area contributed by atoms with E-state index in [1.165, 1.54) is 12.0 Å². The molecule has 0 amide bonds. The fraction of sp³-hybridized carbons (Fsp3) is 0.545. The summed E-state index contributed by atoms with van der Waals surface area (Å²) in [7, 11) is 0. The van der Waals surface area contributed by atoms with E-state index >= 15 is 0 Å². The molecule has 4 heteroatoms. The summed E-state index contributed by atoms with van der Waals surface area (Å²) in [5.74, 6) is 1.51. The van der Waals surface area contributed by atoms with Crippen molar-refractivity contribution < 1.29 is 19.1 Å². The summed E-state index contributed by atoms with van der Waals surface area (Å²) in [6.07, 6.45) is 5.88. The molecule has 3 rings (SSSR count). The average Bonchev–Trinajstić information content (AvgIpc) is 2.62. The second kappa shape index (κ2) is 8.07. The number of carbonyl (C=O) groups excluding carboxylic acids is 2. The van der Waals surface area contributed by atoms with Crippen LogP contribution in [0.5, 0.6) is 5.75 Å². The lowest BCUT2D eigenvalue weighted by atomic mass is 9.60. The van der Waals surface area contributed by atoms with Gasteiger partial charge in [-0.3, -0.25) is 4.79 Å². The summed E-state index contributed by atoms with van der Waals surface area (Å²) in [5, 5.41) is 0. The van der Waals surface area contributed by atoms with Crippen LogP contribution in [0.15, 0.2) is 42.0 Å². The monoisotopic (exact) mass is 356 g/mol. The Labute approximate surface area is 155 Å². The lowest BCUT2D eigenvalue weighted by molar-refractivity contribution is -0.146. The van der Waals surface area contributed by atoms with E-state index in [0.29, 0.717) is 23.5 Å². The van der Waals surface area contributed by atoms with E-state index in [1.54, 1.807) is 24.3 Å². The van der Waals surface area contributed by atoms with Crippen LogP contribution in [-0.4, -0.2) is 12.1 Å². The van der Waals surface area contributed by atoms with Gasteiger partial charge in [0.1, 0.15) is 5.75 Å². The van der Waals surface area contributed by atoms with Crippen molar-refractivity contribution in [3.8, 4) is 5.75 Å². The van der Waals surface area contributed by atoms with E-state index in [1.807, 2.05) is 13.0 Å². The highest BCUT2D eigenvalue weighted by Crippen LogP contribution is 2.48. The number of benzene rings is 1. The maximum absolute atomic E-state index is 12.5. The Morgan fingerprint density at radius 1 is 1.12 bits per heavy atom. The van der Waals surface area contributed by atoms with Crippen LogP contribution in [0.1, 0.15) is 46.5 Å². The van der Waals surface area contributed by atoms with Crippen LogP contribution in [0.2, 0.25) is 0 Å².